The van der Waals surface area contributed by atoms with Gasteiger partial charge in [0.1, 0.15) is 0 Å². The summed E-state index contributed by atoms with van der Waals surface area (Å²) in [5, 5.41) is 4.19. The number of hydrogen-bond acceptors (Lipinski definition) is 2. The van der Waals surface area contributed by atoms with E-state index in [1.54, 1.807) is 17.1 Å². The standard InChI is InChI=1S/C13H19N3/c1-11(13(2,3)4)9-12(10-14-5)16-8-6-7-15-16/h6-10H,5H2,1-4H3/b11-9+,12-10+. The zero-order chi connectivity index (χ0) is 12.2. The SMILES string of the molecule is C=N/C=C(\C=C(/C)C(C)(C)C)n1cccn1. The van der Waals surface area contributed by atoms with Gasteiger partial charge in [0, 0.05) is 12.4 Å². The third-order valence-electron chi connectivity index (χ3n) is 2.54. The summed E-state index contributed by atoms with van der Waals surface area (Å²) < 4.78 is 1.78. The predicted molar refractivity (Wildman–Crippen MR) is 69.3 cm³/mol. The maximum absolute atomic E-state index is 4.19. The zero-order valence-electron chi connectivity index (χ0n) is 10.4. The van der Waals surface area contributed by atoms with Crippen molar-refractivity contribution in [2.24, 2.45) is 10.4 Å². The first-order chi connectivity index (χ1) is 7.45. The molecule has 0 radical (unpaired) electrons. The van der Waals surface area contributed by atoms with Gasteiger partial charge in [-0.15, -0.1) is 0 Å². The van der Waals surface area contributed by atoms with Gasteiger partial charge >= 0.3 is 0 Å². The molecule has 3 nitrogen and oxygen atoms in total. The van der Waals surface area contributed by atoms with E-state index in [-0.39, 0.29) is 5.41 Å². The van der Waals surface area contributed by atoms with Crippen LogP contribution in [0.15, 0.2) is 41.3 Å². The molecule has 16 heavy (non-hydrogen) atoms. The van der Waals surface area contributed by atoms with E-state index in [0.717, 1.165) is 5.70 Å². The average molecular weight is 217 g/mol. The summed E-state index contributed by atoms with van der Waals surface area (Å²) in [5.74, 6) is 0. The average Bonchev–Trinajstić information content (AvgIpc) is 2.68. The molecule has 86 valence electrons. The Balaban J connectivity index is 3.08. The summed E-state index contributed by atoms with van der Waals surface area (Å²) in [7, 11) is 0. The molecule has 0 aliphatic heterocycles. The lowest BCUT2D eigenvalue weighted by atomic mass is 9.87. The lowest BCUT2D eigenvalue weighted by Gasteiger charge is -2.20. The minimum Gasteiger partial charge on any atom is -0.270 e. The van der Waals surface area contributed by atoms with Crippen LogP contribution in [0.4, 0.5) is 0 Å². The van der Waals surface area contributed by atoms with Crippen molar-refractivity contribution in [3.63, 3.8) is 0 Å². The molecule has 1 heterocycles. The molecule has 3 heteroatoms. The Morgan fingerprint density at radius 2 is 2.12 bits per heavy atom. The molecule has 0 N–H and O–H groups in total. The van der Waals surface area contributed by atoms with Crippen LogP contribution < -0.4 is 0 Å². The van der Waals surface area contributed by atoms with Gasteiger partial charge in [0.05, 0.1) is 11.9 Å². The minimum atomic E-state index is 0.146. The third-order valence-corrected chi connectivity index (χ3v) is 2.54. The lowest BCUT2D eigenvalue weighted by molar-refractivity contribution is 0.504. The third kappa shape index (κ3) is 3.19. The van der Waals surface area contributed by atoms with Crippen molar-refractivity contribution in [2.45, 2.75) is 27.7 Å². The van der Waals surface area contributed by atoms with E-state index < -0.39 is 0 Å². The summed E-state index contributed by atoms with van der Waals surface area (Å²) in [5.41, 5.74) is 2.35. The highest BCUT2D eigenvalue weighted by molar-refractivity contribution is 5.58. The maximum Gasteiger partial charge on any atom is 0.0827 e. The predicted octanol–water partition coefficient (Wildman–Crippen LogP) is 3.37. The second-order valence-corrected chi connectivity index (χ2v) is 4.76. The fraction of sp³-hybridized carbons (Fsp3) is 0.385. The fourth-order valence-electron chi connectivity index (χ4n) is 1.12. The molecule has 0 aromatic carbocycles. The van der Waals surface area contributed by atoms with E-state index in [0.29, 0.717) is 0 Å². The highest BCUT2D eigenvalue weighted by Crippen LogP contribution is 2.26. The monoisotopic (exact) mass is 217 g/mol. The molecule has 1 aromatic heterocycles. The molecule has 0 atom stereocenters. The van der Waals surface area contributed by atoms with Crippen LogP contribution in [0.5, 0.6) is 0 Å². The Hall–Kier alpha value is -1.64. The van der Waals surface area contributed by atoms with Crippen molar-refractivity contribution < 1.29 is 0 Å². The molecule has 0 bridgehead atoms. The molecular formula is C13H19N3. The van der Waals surface area contributed by atoms with Crippen molar-refractivity contribution in [3.05, 3.63) is 36.3 Å². The summed E-state index contributed by atoms with van der Waals surface area (Å²) >= 11 is 0. The van der Waals surface area contributed by atoms with Crippen LogP contribution in [0.25, 0.3) is 5.70 Å². The molecule has 0 spiro atoms. The second kappa shape index (κ2) is 4.92. The Morgan fingerprint density at radius 3 is 2.56 bits per heavy atom. The van der Waals surface area contributed by atoms with Crippen LogP contribution in [-0.4, -0.2) is 16.5 Å². The molecule has 0 aliphatic carbocycles. The number of aliphatic imine (C=N–C) groups is 1. The van der Waals surface area contributed by atoms with Crippen molar-refractivity contribution in [2.75, 3.05) is 0 Å². The topological polar surface area (TPSA) is 30.2 Å². The van der Waals surface area contributed by atoms with Crippen molar-refractivity contribution >= 4 is 12.4 Å². The number of hydrogen-bond donors (Lipinski definition) is 0. The van der Waals surface area contributed by atoms with Gasteiger partial charge in [0.25, 0.3) is 0 Å². The fourth-order valence-corrected chi connectivity index (χ4v) is 1.12. The van der Waals surface area contributed by atoms with E-state index >= 15 is 0 Å². The van der Waals surface area contributed by atoms with Gasteiger partial charge in [-0.3, -0.25) is 4.99 Å². The lowest BCUT2D eigenvalue weighted by Crippen LogP contribution is -2.07. The summed E-state index contributed by atoms with van der Waals surface area (Å²) in [6.07, 6.45) is 7.44. The van der Waals surface area contributed by atoms with Crippen molar-refractivity contribution in [1.82, 2.24) is 9.78 Å². The van der Waals surface area contributed by atoms with Gasteiger partial charge in [-0.25, -0.2) is 4.68 Å². The van der Waals surface area contributed by atoms with Crippen LogP contribution in [0.2, 0.25) is 0 Å². The van der Waals surface area contributed by atoms with Gasteiger partial charge in [-0.05, 0) is 31.2 Å². The van der Waals surface area contributed by atoms with Gasteiger partial charge in [-0.1, -0.05) is 26.3 Å². The smallest absolute Gasteiger partial charge is 0.0827 e. The Kier molecular flexibility index (Phi) is 3.82. The summed E-state index contributed by atoms with van der Waals surface area (Å²) in [6, 6.07) is 1.89. The molecule has 0 amide bonds. The molecule has 0 fully saturated rings. The summed E-state index contributed by atoms with van der Waals surface area (Å²) in [4.78, 5) is 3.81. The van der Waals surface area contributed by atoms with E-state index in [2.05, 4.69) is 50.6 Å². The minimum absolute atomic E-state index is 0.146. The molecule has 0 saturated heterocycles. The van der Waals surface area contributed by atoms with Crippen molar-refractivity contribution in [1.29, 1.82) is 0 Å². The number of allylic oxidation sites excluding steroid dienone is 3. The zero-order valence-corrected chi connectivity index (χ0v) is 10.4. The first-order valence-electron chi connectivity index (χ1n) is 5.30. The van der Waals surface area contributed by atoms with Gasteiger partial charge < -0.3 is 0 Å². The number of aromatic nitrogens is 2. The van der Waals surface area contributed by atoms with Crippen LogP contribution in [0.3, 0.4) is 0 Å². The number of rotatable bonds is 3. The van der Waals surface area contributed by atoms with E-state index in [4.69, 9.17) is 0 Å². The normalized spacial score (nSPS) is 14.0. The molecule has 0 saturated carbocycles. The van der Waals surface area contributed by atoms with Crippen LogP contribution in [-0.2, 0) is 0 Å². The van der Waals surface area contributed by atoms with Crippen molar-refractivity contribution in [3.8, 4) is 0 Å². The van der Waals surface area contributed by atoms with Gasteiger partial charge in [-0.2, -0.15) is 5.10 Å². The largest absolute Gasteiger partial charge is 0.270 e. The molecular weight excluding hydrogens is 198 g/mol. The van der Waals surface area contributed by atoms with Gasteiger partial charge in [0.15, 0.2) is 0 Å². The Morgan fingerprint density at radius 1 is 1.44 bits per heavy atom. The molecule has 1 rings (SSSR count). The summed E-state index contributed by atoms with van der Waals surface area (Å²) in [6.45, 7) is 12.1. The second-order valence-electron chi connectivity index (χ2n) is 4.76. The molecule has 1 aromatic rings. The highest BCUT2D eigenvalue weighted by atomic mass is 15.3. The maximum atomic E-state index is 4.19. The van der Waals surface area contributed by atoms with Gasteiger partial charge in [0.2, 0.25) is 0 Å². The first-order valence-corrected chi connectivity index (χ1v) is 5.30. The van der Waals surface area contributed by atoms with Crippen LogP contribution in [0, 0.1) is 5.41 Å². The molecule has 0 aliphatic rings. The van der Waals surface area contributed by atoms with E-state index in [1.165, 1.54) is 5.57 Å². The Bertz CT molecular complexity index is 403. The van der Waals surface area contributed by atoms with Crippen LogP contribution >= 0.6 is 0 Å². The molecule has 0 unspecified atom stereocenters. The van der Waals surface area contributed by atoms with E-state index in [1.807, 2.05) is 12.3 Å². The first kappa shape index (κ1) is 12.4. The van der Waals surface area contributed by atoms with Crippen LogP contribution in [0.1, 0.15) is 27.7 Å². The highest BCUT2D eigenvalue weighted by Gasteiger charge is 2.13. The Labute approximate surface area is 97.2 Å². The quantitative estimate of drug-likeness (QED) is 0.564. The van der Waals surface area contributed by atoms with E-state index in [9.17, 15) is 0 Å². The number of nitrogens with zero attached hydrogens (tertiary/aromatic N) is 3.